The van der Waals surface area contributed by atoms with E-state index in [1.807, 2.05) is 18.2 Å². The number of methoxy groups -OCH3 is 1. The molecule has 0 saturated carbocycles. The first kappa shape index (κ1) is 12.1. The lowest BCUT2D eigenvalue weighted by atomic mass is 10.1. The van der Waals surface area contributed by atoms with Crippen LogP contribution in [0.1, 0.15) is 5.56 Å². The van der Waals surface area contributed by atoms with Crippen molar-refractivity contribution in [3.63, 3.8) is 0 Å². The third-order valence-corrected chi connectivity index (χ3v) is 3.71. The Balaban J connectivity index is 2.53. The lowest BCUT2D eigenvalue weighted by molar-refractivity contribution is -0.107. The Kier molecular flexibility index (Phi) is 4.18. The number of thioether (sulfide) groups is 1. The average molecular weight is 246 g/mol. The van der Waals surface area contributed by atoms with Crippen LogP contribution in [0.2, 0.25) is 0 Å². The van der Waals surface area contributed by atoms with Crippen molar-refractivity contribution in [2.75, 3.05) is 13.0 Å². The van der Waals surface area contributed by atoms with Gasteiger partial charge in [-0.1, -0.05) is 48.2 Å². The summed E-state index contributed by atoms with van der Waals surface area (Å²) in [6.45, 7) is 0. The van der Waals surface area contributed by atoms with Gasteiger partial charge in [0.25, 0.3) is 0 Å². The van der Waals surface area contributed by atoms with Gasteiger partial charge in [-0.2, -0.15) is 0 Å². The van der Waals surface area contributed by atoms with Gasteiger partial charge in [0.15, 0.2) is 0 Å². The van der Waals surface area contributed by atoms with Crippen molar-refractivity contribution in [1.82, 2.24) is 0 Å². The molecule has 0 amide bonds. The highest BCUT2D eigenvalue weighted by Crippen LogP contribution is 2.31. The van der Waals surface area contributed by atoms with E-state index in [0.717, 1.165) is 16.7 Å². The van der Waals surface area contributed by atoms with Crippen molar-refractivity contribution in [1.29, 1.82) is 0 Å². The number of rotatable bonds is 5. The zero-order valence-electron chi connectivity index (χ0n) is 9.68. The van der Waals surface area contributed by atoms with Gasteiger partial charge in [-0.05, 0) is 16.3 Å². The molecule has 0 aliphatic carbocycles. The SMILES string of the molecule is COCSc1c(CC=O)ccc2ccccc12. The summed E-state index contributed by atoms with van der Waals surface area (Å²) < 4.78 is 5.10. The number of benzene rings is 2. The molecule has 0 unspecified atom stereocenters. The van der Waals surface area contributed by atoms with E-state index in [9.17, 15) is 4.79 Å². The predicted molar refractivity (Wildman–Crippen MR) is 71.4 cm³/mol. The first-order chi connectivity index (χ1) is 8.36. The molecule has 0 aliphatic rings. The van der Waals surface area contributed by atoms with Crippen molar-refractivity contribution in [2.24, 2.45) is 0 Å². The van der Waals surface area contributed by atoms with Gasteiger partial charge >= 0.3 is 0 Å². The normalized spacial score (nSPS) is 10.6. The molecule has 0 spiro atoms. The maximum Gasteiger partial charge on any atom is 0.124 e. The molecule has 0 saturated heterocycles. The largest absolute Gasteiger partial charge is 0.374 e. The van der Waals surface area contributed by atoms with Crippen molar-refractivity contribution < 1.29 is 9.53 Å². The van der Waals surface area contributed by atoms with E-state index in [4.69, 9.17) is 4.74 Å². The van der Waals surface area contributed by atoms with Crippen LogP contribution in [0.5, 0.6) is 0 Å². The smallest absolute Gasteiger partial charge is 0.124 e. The van der Waals surface area contributed by atoms with Crippen LogP contribution in [0.25, 0.3) is 10.8 Å². The highest BCUT2D eigenvalue weighted by Gasteiger charge is 2.07. The second-order valence-corrected chi connectivity index (χ2v) is 4.63. The van der Waals surface area contributed by atoms with E-state index in [1.54, 1.807) is 18.9 Å². The molecule has 2 nitrogen and oxygen atoms in total. The van der Waals surface area contributed by atoms with E-state index >= 15 is 0 Å². The summed E-state index contributed by atoms with van der Waals surface area (Å²) in [7, 11) is 1.68. The summed E-state index contributed by atoms with van der Waals surface area (Å²) >= 11 is 1.64. The van der Waals surface area contributed by atoms with Crippen molar-refractivity contribution in [3.05, 3.63) is 42.0 Å². The van der Waals surface area contributed by atoms with Crippen LogP contribution in [0.3, 0.4) is 0 Å². The number of ether oxygens (including phenoxy) is 1. The number of hydrogen-bond donors (Lipinski definition) is 0. The van der Waals surface area contributed by atoms with Crippen molar-refractivity contribution in [3.8, 4) is 0 Å². The summed E-state index contributed by atoms with van der Waals surface area (Å²) in [5.74, 6) is 0.597. The molecule has 2 aromatic rings. The monoisotopic (exact) mass is 246 g/mol. The molecular formula is C14H14O2S. The molecule has 3 heteroatoms. The topological polar surface area (TPSA) is 26.3 Å². The maximum atomic E-state index is 10.7. The minimum absolute atomic E-state index is 0.455. The second-order valence-electron chi connectivity index (χ2n) is 3.70. The van der Waals surface area contributed by atoms with Gasteiger partial charge in [-0.3, -0.25) is 0 Å². The van der Waals surface area contributed by atoms with E-state index in [1.165, 1.54) is 10.8 Å². The van der Waals surface area contributed by atoms with E-state index in [-0.39, 0.29) is 0 Å². The number of fused-ring (bicyclic) bond motifs is 1. The van der Waals surface area contributed by atoms with Gasteiger partial charge < -0.3 is 9.53 Å². The van der Waals surface area contributed by atoms with Crippen LogP contribution < -0.4 is 0 Å². The zero-order chi connectivity index (χ0) is 12.1. The Morgan fingerprint density at radius 3 is 2.82 bits per heavy atom. The predicted octanol–water partition coefficient (Wildman–Crippen LogP) is 3.28. The molecule has 0 bridgehead atoms. The molecule has 0 heterocycles. The first-order valence-electron chi connectivity index (χ1n) is 5.43. The summed E-state index contributed by atoms with van der Waals surface area (Å²) in [5.41, 5.74) is 1.07. The summed E-state index contributed by atoms with van der Waals surface area (Å²) in [6.07, 6.45) is 1.40. The fraction of sp³-hybridized carbons (Fsp3) is 0.214. The molecule has 2 aromatic carbocycles. The second kappa shape index (κ2) is 5.84. The standard InChI is InChI=1S/C14H14O2S/c1-16-10-17-14-12(8-9-15)7-6-11-4-2-3-5-13(11)14/h2-7,9H,8,10H2,1H3. The fourth-order valence-corrected chi connectivity index (χ4v) is 2.74. The average Bonchev–Trinajstić information content (AvgIpc) is 2.37. The minimum atomic E-state index is 0.455. The maximum absolute atomic E-state index is 10.7. The quantitative estimate of drug-likeness (QED) is 0.460. The van der Waals surface area contributed by atoms with Crippen LogP contribution in [-0.2, 0) is 16.0 Å². The third kappa shape index (κ3) is 2.68. The Morgan fingerprint density at radius 2 is 2.06 bits per heavy atom. The van der Waals surface area contributed by atoms with Crippen molar-refractivity contribution >= 4 is 28.8 Å². The van der Waals surface area contributed by atoms with Gasteiger partial charge in [0.1, 0.15) is 6.29 Å². The fourth-order valence-electron chi connectivity index (χ4n) is 1.83. The van der Waals surface area contributed by atoms with E-state index < -0.39 is 0 Å². The third-order valence-electron chi connectivity index (χ3n) is 2.59. The summed E-state index contributed by atoms with van der Waals surface area (Å²) in [5, 5.41) is 2.38. The van der Waals surface area contributed by atoms with Crippen LogP contribution in [0.4, 0.5) is 0 Å². The Morgan fingerprint density at radius 1 is 1.24 bits per heavy atom. The molecule has 0 fully saturated rings. The van der Waals surface area contributed by atoms with Crippen LogP contribution in [-0.4, -0.2) is 19.3 Å². The first-order valence-corrected chi connectivity index (χ1v) is 6.41. The Labute approximate surface area is 105 Å². The Bertz CT molecular complexity index is 523. The molecular weight excluding hydrogens is 232 g/mol. The highest BCUT2D eigenvalue weighted by atomic mass is 32.2. The lowest BCUT2D eigenvalue weighted by Crippen LogP contribution is -1.93. The number of hydrogen-bond acceptors (Lipinski definition) is 3. The number of carbonyl (C=O) groups excluding carboxylic acids is 1. The minimum Gasteiger partial charge on any atom is -0.374 e. The number of carbonyl (C=O) groups is 1. The van der Waals surface area contributed by atoms with Crippen LogP contribution >= 0.6 is 11.8 Å². The molecule has 0 radical (unpaired) electrons. The summed E-state index contributed by atoms with van der Waals surface area (Å²) in [6, 6.07) is 12.3. The highest BCUT2D eigenvalue weighted by molar-refractivity contribution is 7.99. The lowest BCUT2D eigenvalue weighted by Gasteiger charge is -2.10. The molecule has 0 atom stereocenters. The van der Waals surface area contributed by atoms with Gasteiger partial charge in [-0.15, -0.1) is 0 Å². The van der Waals surface area contributed by atoms with Crippen LogP contribution in [0.15, 0.2) is 41.3 Å². The van der Waals surface area contributed by atoms with Gasteiger partial charge in [0, 0.05) is 18.4 Å². The Hall–Kier alpha value is -1.32. The van der Waals surface area contributed by atoms with Crippen LogP contribution in [0, 0.1) is 0 Å². The molecule has 0 aromatic heterocycles. The molecule has 88 valence electrons. The van der Waals surface area contributed by atoms with Crippen molar-refractivity contribution in [2.45, 2.75) is 11.3 Å². The number of aldehydes is 1. The zero-order valence-corrected chi connectivity index (χ0v) is 10.5. The molecule has 17 heavy (non-hydrogen) atoms. The molecule has 0 N–H and O–H groups in total. The molecule has 0 aliphatic heterocycles. The van der Waals surface area contributed by atoms with Gasteiger partial charge in [0.2, 0.25) is 0 Å². The summed E-state index contributed by atoms with van der Waals surface area (Å²) in [4.78, 5) is 11.8. The van der Waals surface area contributed by atoms with Gasteiger partial charge in [0.05, 0.1) is 5.94 Å². The molecule has 2 rings (SSSR count). The van der Waals surface area contributed by atoms with E-state index in [0.29, 0.717) is 12.4 Å². The van der Waals surface area contributed by atoms with E-state index in [2.05, 4.69) is 18.2 Å². The van der Waals surface area contributed by atoms with Gasteiger partial charge in [-0.25, -0.2) is 0 Å².